The number of ether oxygens (including phenoxy) is 1. The first-order chi connectivity index (χ1) is 4.57. The van der Waals surface area contributed by atoms with Crippen molar-refractivity contribution in [2.24, 2.45) is 5.73 Å². The summed E-state index contributed by atoms with van der Waals surface area (Å²) < 4.78 is 4.40. The zero-order valence-corrected chi connectivity index (χ0v) is 6.77. The summed E-state index contributed by atoms with van der Waals surface area (Å²) in [4.78, 5) is 12.1. The van der Waals surface area contributed by atoms with Gasteiger partial charge in [-0.15, -0.1) is 0 Å². The van der Waals surface area contributed by atoms with E-state index in [1.807, 2.05) is 6.92 Å². The van der Waals surface area contributed by atoms with Gasteiger partial charge in [0, 0.05) is 13.6 Å². The Bertz CT molecular complexity index is 149. The molecule has 0 aliphatic carbocycles. The summed E-state index contributed by atoms with van der Waals surface area (Å²) >= 11 is 4.35. The maximum absolute atomic E-state index is 10.7. The van der Waals surface area contributed by atoms with E-state index in [9.17, 15) is 4.79 Å². The van der Waals surface area contributed by atoms with Gasteiger partial charge in [0.2, 0.25) is 0 Å². The number of rotatable bonds is 1. The lowest BCUT2D eigenvalue weighted by molar-refractivity contribution is 0.162. The molecule has 2 N–H and O–H groups in total. The molecule has 0 aliphatic rings. The van der Waals surface area contributed by atoms with Crippen LogP contribution in [0.4, 0.5) is 4.79 Å². The van der Waals surface area contributed by atoms with Crippen LogP contribution in [0.1, 0.15) is 6.92 Å². The summed E-state index contributed by atoms with van der Waals surface area (Å²) in [5.41, 5.74) is 4.95. The average Bonchev–Trinajstić information content (AvgIpc) is 1.85. The van der Waals surface area contributed by atoms with Crippen molar-refractivity contribution in [1.82, 2.24) is 4.90 Å². The van der Waals surface area contributed by atoms with Crippen molar-refractivity contribution in [3.63, 3.8) is 0 Å². The normalized spacial score (nSPS) is 8.60. The molecule has 0 rings (SSSR count). The van der Waals surface area contributed by atoms with E-state index in [0.29, 0.717) is 6.54 Å². The Morgan fingerprint density at radius 1 is 1.80 bits per heavy atom. The molecule has 10 heavy (non-hydrogen) atoms. The van der Waals surface area contributed by atoms with Crippen LogP contribution >= 0.6 is 12.2 Å². The van der Waals surface area contributed by atoms with E-state index in [1.165, 1.54) is 4.90 Å². The Labute approximate surface area is 64.9 Å². The predicted octanol–water partition coefficient (Wildman–Crippen LogP) is 0.318. The number of hydrogen-bond acceptors (Lipinski definition) is 3. The molecular weight excluding hydrogens is 152 g/mol. The minimum Gasteiger partial charge on any atom is -0.383 e. The number of carbonyl (C=O) groups excluding carboxylic acids is 1. The fourth-order valence-electron chi connectivity index (χ4n) is 0.293. The lowest BCUT2D eigenvalue weighted by atomic mass is 10.7. The highest BCUT2D eigenvalue weighted by Gasteiger charge is 2.07. The average molecular weight is 162 g/mol. The maximum atomic E-state index is 10.7. The van der Waals surface area contributed by atoms with Crippen molar-refractivity contribution in [3.8, 4) is 0 Å². The van der Waals surface area contributed by atoms with Crippen LogP contribution in [0.25, 0.3) is 0 Å². The number of carbonyl (C=O) groups is 1. The third-order valence-electron chi connectivity index (χ3n) is 0.974. The molecule has 5 heteroatoms. The SMILES string of the molecule is CCN(C)C(=O)OC(N)=S. The van der Waals surface area contributed by atoms with E-state index < -0.39 is 6.09 Å². The maximum Gasteiger partial charge on any atom is 0.416 e. The van der Waals surface area contributed by atoms with Crippen LogP contribution in [0, 0.1) is 0 Å². The van der Waals surface area contributed by atoms with Gasteiger partial charge in [-0.3, -0.25) is 0 Å². The first-order valence-electron chi connectivity index (χ1n) is 2.80. The fraction of sp³-hybridized carbons (Fsp3) is 0.600. The van der Waals surface area contributed by atoms with E-state index in [2.05, 4.69) is 17.0 Å². The Morgan fingerprint density at radius 2 is 2.30 bits per heavy atom. The molecule has 0 aromatic carbocycles. The van der Waals surface area contributed by atoms with Gasteiger partial charge in [-0.25, -0.2) is 4.79 Å². The van der Waals surface area contributed by atoms with E-state index in [-0.39, 0.29) is 5.17 Å². The van der Waals surface area contributed by atoms with E-state index in [1.54, 1.807) is 7.05 Å². The van der Waals surface area contributed by atoms with Gasteiger partial charge in [-0.05, 0) is 19.1 Å². The molecule has 0 fully saturated rings. The molecule has 0 aromatic heterocycles. The molecule has 58 valence electrons. The zero-order valence-electron chi connectivity index (χ0n) is 5.96. The molecule has 0 aromatic rings. The summed E-state index contributed by atoms with van der Waals surface area (Å²) in [5, 5.41) is -0.245. The monoisotopic (exact) mass is 162 g/mol. The molecule has 0 spiro atoms. The number of thiocarbonyl (C=S) groups is 1. The quantitative estimate of drug-likeness (QED) is 0.564. The second-order valence-corrected chi connectivity index (χ2v) is 2.10. The van der Waals surface area contributed by atoms with E-state index >= 15 is 0 Å². The molecule has 0 heterocycles. The lowest BCUT2D eigenvalue weighted by Crippen LogP contribution is -2.30. The highest BCUT2D eigenvalue weighted by Crippen LogP contribution is 1.87. The van der Waals surface area contributed by atoms with Gasteiger partial charge < -0.3 is 15.4 Å². The largest absolute Gasteiger partial charge is 0.416 e. The predicted molar refractivity (Wildman–Crippen MR) is 41.6 cm³/mol. The number of amides is 1. The summed E-state index contributed by atoms with van der Waals surface area (Å²) in [6.07, 6.45) is -0.519. The van der Waals surface area contributed by atoms with Gasteiger partial charge in [0.1, 0.15) is 0 Å². The minimum atomic E-state index is -0.519. The Hall–Kier alpha value is -0.840. The Kier molecular flexibility index (Phi) is 3.71. The standard InChI is InChI=1S/C5H10N2O2S/c1-3-7(2)5(8)9-4(6)10/h3H2,1-2H3,(H2,6,10). The molecule has 0 unspecified atom stereocenters. The molecule has 0 saturated heterocycles. The van der Waals surface area contributed by atoms with Crippen LogP contribution in [0.15, 0.2) is 0 Å². The number of nitrogens with two attached hydrogens (primary N) is 1. The van der Waals surface area contributed by atoms with Crippen LogP contribution in [-0.4, -0.2) is 29.8 Å². The first-order valence-corrected chi connectivity index (χ1v) is 3.21. The molecular formula is C5H10N2O2S. The molecule has 0 aliphatic heterocycles. The third-order valence-corrected chi connectivity index (χ3v) is 1.06. The van der Waals surface area contributed by atoms with E-state index in [4.69, 9.17) is 5.73 Å². The highest BCUT2D eigenvalue weighted by atomic mass is 32.1. The van der Waals surface area contributed by atoms with Crippen molar-refractivity contribution in [1.29, 1.82) is 0 Å². The van der Waals surface area contributed by atoms with Crippen molar-refractivity contribution in [2.75, 3.05) is 13.6 Å². The summed E-state index contributed by atoms with van der Waals surface area (Å²) in [6, 6.07) is 0. The van der Waals surface area contributed by atoms with Gasteiger partial charge >= 0.3 is 6.09 Å². The molecule has 4 nitrogen and oxygen atoms in total. The number of nitrogens with zero attached hydrogens (tertiary/aromatic N) is 1. The first kappa shape index (κ1) is 9.16. The van der Waals surface area contributed by atoms with Gasteiger partial charge in [0.25, 0.3) is 5.17 Å². The summed E-state index contributed by atoms with van der Waals surface area (Å²) in [5.74, 6) is 0. The second kappa shape index (κ2) is 4.05. The molecule has 0 atom stereocenters. The molecule has 1 amide bonds. The molecule has 0 bridgehead atoms. The van der Waals surface area contributed by atoms with E-state index in [0.717, 1.165) is 0 Å². The van der Waals surface area contributed by atoms with Crippen molar-refractivity contribution < 1.29 is 9.53 Å². The van der Waals surface area contributed by atoms with Crippen molar-refractivity contribution in [3.05, 3.63) is 0 Å². The van der Waals surface area contributed by atoms with Gasteiger partial charge in [-0.2, -0.15) is 0 Å². The highest BCUT2D eigenvalue weighted by molar-refractivity contribution is 7.80. The van der Waals surface area contributed by atoms with Crippen LogP contribution in [-0.2, 0) is 4.74 Å². The molecule has 0 saturated carbocycles. The third kappa shape index (κ3) is 3.24. The summed E-state index contributed by atoms with van der Waals surface area (Å²) in [6.45, 7) is 2.39. The lowest BCUT2D eigenvalue weighted by Gasteiger charge is -2.12. The smallest absolute Gasteiger partial charge is 0.383 e. The van der Waals surface area contributed by atoms with Crippen LogP contribution < -0.4 is 5.73 Å². The van der Waals surface area contributed by atoms with Crippen LogP contribution in [0.2, 0.25) is 0 Å². The van der Waals surface area contributed by atoms with Crippen molar-refractivity contribution >= 4 is 23.5 Å². The number of hydrogen-bond donors (Lipinski definition) is 1. The summed E-state index contributed by atoms with van der Waals surface area (Å²) in [7, 11) is 1.60. The van der Waals surface area contributed by atoms with Gasteiger partial charge in [0.05, 0.1) is 0 Å². The van der Waals surface area contributed by atoms with Crippen LogP contribution in [0.5, 0.6) is 0 Å². The zero-order chi connectivity index (χ0) is 8.15. The Morgan fingerprint density at radius 3 is 2.60 bits per heavy atom. The molecule has 0 radical (unpaired) electrons. The van der Waals surface area contributed by atoms with Crippen molar-refractivity contribution in [2.45, 2.75) is 6.92 Å². The van der Waals surface area contributed by atoms with Gasteiger partial charge in [0.15, 0.2) is 0 Å². The fourth-order valence-corrected chi connectivity index (χ4v) is 0.364. The van der Waals surface area contributed by atoms with Gasteiger partial charge in [-0.1, -0.05) is 0 Å². The Balaban J connectivity index is 3.73. The second-order valence-electron chi connectivity index (χ2n) is 1.70. The minimum absolute atomic E-state index is 0.245. The topological polar surface area (TPSA) is 55.6 Å². The van der Waals surface area contributed by atoms with Crippen LogP contribution in [0.3, 0.4) is 0 Å².